The molecule has 5 heterocycles. The van der Waals surface area contributed by atoms with Crippen molar-refractivity contribution in [3.63, 3.8) is 0 Å². The smallest absolute Gasteiger partial charge is 0.418 e. The van der Waals surface area contributed by atoms with E-state index in [1.807, 2.05) is 43.3 Å². The van der Waals surface area contributed by atoms with E-state index in [-0.39, 0.29) is 66.3 Å². The molecule has 1 atom stereocenters. The second kappa shape index (κ2) is 17.1. The summed E-state index contributed by atoms with van der Waals surface area (Å²) in [5, 5.41) is 2.87. The van der Waals surface area contributed by atoms with Crippen molar-refractivity contribution in [2.24, 2.45) is 4.99 Å². The average molecular weight is 860 g/mol. The minimum Gasteiger partial charge on any atom is -0.497 e. The molecule has 328 valence electrons. The molecule has 2 saturated heterocycles. The van der Waals surface area contributed by atoms with E-state index >= 15 is 22.0 Å². The number of hydrogen-bond acceptors (Lipinski definition) is 11. The third-order valence-corrected chi connectivity index (χ3v) is 11.9. The number of hydrogen-bond donors (Lipinski definition) is 1. The van der Waals surface area contributed by atoms with Crippen LogP contribution in [-0.2, 0) is 24.0 Å². The fraction of sp³-hybridized carbons (Fsp3) is 0.391. The van der Waals surface area contributed by atoms with Crippen LogP contribution in [-0.4, -0.2) is 98.8 Å². The molecular formula is C46H50F5N7O4. The van der Waals surface area contributed by atoms with Gasteiger partial charge in [-0.15, -0.1) is 0 Å². The van der Waals surface area contributed by atoms with E-state index in [4.69, 9.17) is 18.9 Å². The number of likely N-dealkylation sites (N-methyl/N-ethyl adjacent to an activating group) is 1. The average Bonchev–Trinajstić information content (AvgIpc) is 3.71. The van der Waals surface area contributed by atoms with Gasteiger partial charge in [0.15, 0.2) is 17.4 Å². The van der Waals surface area contributed by atoms with E-state index in [0.29, 0.717) is 24.6 Å². The number of methoxy groups -OCH3 is 2. The highest BCUT2D eigenvalue weighted by Gasteiger charge is 2.47. The fourth-order valence-electron chi connectivity index (χ4n) is 8.85. The molecule has 1 N–H and O–H groups in total. The van der Waals surface area contributed by atoms with E-state index in [0.717, 1.165) is 49.1 Å². The van der Waals surface area contributed by atoms with E-state index in [1.54, 1.807) is 54.5 Å². The van der Waals surface area contributed by atoms with Crippen LogP contribution in [0.15, 0.2) is 83.9 Å². The van der Waals surface area contributed by atoms with E-state index in [1.165, 1.54) is 13.0 Å². The number of amidine groups is 1. The summed E-state index contributed by atoms with van der Waals surface area (Å²) in [5.41, 5.74) is -1.46. The number of nitrogens with zero attached hydrogens (tertiary/aromatic N) is 6. The quantitative estimate of drug-likeness (QED) is 0.0984. The number of nitrogens with one attached hydrogen (secondary N) is 1. The zero-order valence-electron chi connectivity index (χ0n) is 35.5. The highest BCUT2D eigenvalue weighted by atomic mass is 19.4. The molecule has 0 aliphatic carbocycles. The van der Waals surface area contributed by atoms with Gasteiger partial charge in [-0.3, -0.25) is 4.90 Å². The Labute approximate surface area is 358 Å². The molecule has 62 heavy (non-hydrogen) atoms. The van der Waals surface area contributed by atoms with Gasteiger partial charge in [0.25, 0.3) is 0 Å². The number of halogens is 5. The van der Waals surface area contributed by atoms with Crippen LogP contribution in [0.3, 0.4) is 0 Å². The number of alkyl halides is 3. The number of aromatic nitrogens is 1. The summed E-state index contributed by atoms with van der Waals surface area (Å²) in [5.74, 6) is -1.76. The Bertz CT molecular complexity index is 2360. The van der Waals surface area contributed by atoms with Gasteiger partial charge < -0.3 is 39.0 Å². The first-order valence-corrected chi connectivity index (χ1v) is 20.5. The minimum absolute atomic E-state index is 0.0629. The van der Waals surface area contributed by atoms with Gasteiger partial charge in [-0.05, 0) is 93.8 Å². The van der Waals surface area contributed by atoms with E-state index < -0.39 is 40.4 Å². The summed E-state index contributed by atoms with van der Waals surface area (Å²) < 4.78 is 104. The molecule has 1 aromatic heterocycles. The lowest BCUT2D eigenvalue weighted by molar-refractivity contribution is -0.137. The van der Waals surface area contributed by atoms with Gasteiger partial charge in [0.1, 0.15) is 36.4 Å². The maximum Gasteiger partial charge on any atom is 0.418 e. The number of aliphatic imine (C=N–C) groups is 1. The van der Waals surface area contributed by atoms with Crippen LogP contribution in [0.1, 0.15) is 47.1 Å². The third kappa shape index (κ3) is 8.37. The van der Waals surface area contributed by atoms with Crippen LogP contribution in [0, 0.1) is 18.6 Å². The lowest BCUT2D eigenvalue weighted by atomic mass is 9.94. The minimum atomic E-state index is -5.06. The van der Waals surface area contributed by atoms with Crippen molar-refractivity contribution < 1.29 is 40.9 Å². The molecule has 0 saturated carbocycles. The molecule has 0 radical (unpaired) electrons. The molecule has 4 aromatic rings. The lowest BCUT2D eigenvalue weighted by Gasteiger charge is -2.31. The molecule has 0 amide bonds. The SMILES string of the molecule is C=C1CN2CCC[C@@]2(COC2=CN(CCN(C)C)C3=NCNc4c(F)c(-c5nc(N(Cc6ccc(OC)cc6)Cc6ccc(OC)cc6)cc(C)c5C(F)(F)F)c(F)c(c43)O2)C1. The summed E-state index contributed by atoms with van der Waals surface area (Å²) in [6.45, 7) is 8.38. The Morgan fingerprint density at radius 1 is 0.952 bits per heavy atom. The van der Waals surface area contributed by atoms with Gasteiger partial charge in [-0.1, -0.05) is 36.4 Å². The summed E-state index contributed by atoms with van der Waals surface area (Å²) in [6, 6.07) is 15.7. The second-order valence-corrected chi connectivity index (χ2v) is 16.5. The number of ether oxygens (including phenoxy) is 4. The molecule has 4 aliphatic heterocycles. The molecule has 0 spiro atoms. The predicted molar refractivity (Wildman–Crippen MR) is 227 cm³/mol. The van der Waals surface area contributed by atoms with Crippen molar-refractivity contribution in [3.05, 3.63) is 118 Å². The number of rotatable bonds is 14. The lowest BCUT2D eigenvalue weighted by Crippen LogP contribution is -2.42. The largest absolute Gasteiger partial charge is 0.497 e. The van der Waals surface area contributed by atoms with Gasteiger partial charge >= 0.3 is 12.1 Å². The van der Waals surface area contributed by atoms with Gasteiger partial charge in [-0.2, -0.15) is 13.2 Å². The molecule has 0 bridgehead atoms. The Balaban J connectivity index is 1.27. The molecule has 0 unspecified atom stereocenters. The number of anilines is 2. The van der Waals surface area contributed by atoms with Crippen LogP contribution < -0.4 is 24.4 Å². The first-order chi connectivity index (χ1) is 29.7. The summed E-state index contributed by atoms with van der Waals surface area (Å²) in [7, 11) is 6.88. The first-order valence-electron chi connectivity index (χ1n) is 20.5. The second-order valence-electron chi connectivity index (χ2n) is 16.5. The molecule has 16 heteroatoms. The molecule has 11 nitrogen and oxygen atoms in total. The number of pyridine rings is 1. The van der Waals surface area contributed by atoms with Crippen LogP contribution in [0.4, 0.5) is 33.5 Å². The highest BCUT2D eigenvalue weighted by molar-refractivity contribution is 6.09. The Morgan fingerprint density at radius 3 is 2.23 bits per heavy atom. The maximum atomic E-state index is 17.7. The Kier molecular flexibility index (Phi) is 11.8. The summed E-state index contributed by atoms with van der Waals surface area (Å²) >= 11 is 0. The van der Waals surface area contributed by atoms with Crippen molar-refractivity contribution in [1.82, 2.24) is 19.7 Å². The van der Waals surface area contributed by atoms with Gasteiger partial charge in [0.2, 0.25) is 0 Å². The molecule has 2 fully saturated rings. The monoisotopic (exact) mass is 859 g/mol. The normalized spacial score (nSPS) is 18.4. The van der Waals surface area contributed by atoms with Crippen LogP contribution in [0.25, 0.3) is 11.3 Å². The fourth-order valence-corrected chi connectivity index (χ4v) is 8.85. The van der Waals surface area contributed by atoms with E-state index in [2.05, 4.69) is 26.8 Å². The van der Waals surface area contributed by atoms with Crippen molar-refractivity contribution in [1.29, 1.82) is 0 Å². The number of benzene rings is 3. The van der Waals surface area contributed by atoms with Crippen molar-refractivity contribution in [2.75, 3.05) is 78.0 Å². The van der Waals surface area contributed by atoms with Gasteiger partial charge in [0.05, 0.1) is 54.0 Å². The zero-order chi connectivity index (χ0) is 43.9. The predicted octanol–water partition coefficient (Wildman–Crippen LogP) is 8.57. The number of fused-ring (bicyclic) bond motifs is 1. The molecule has 4 aliphatic rings. The van der Waals surface area contributed by atoms with E-state index in [9.17, 15) is 0 Å². The number of aryl methyl sites for hydroxylation is 1. The van der Waals surface area contributed by atoms with Crippen molar-refractivity contribution in [3.8, 4) is 28.5 Å². The van der Waals surface area contributed by atoms with Crippen LogP contribution in [0.5, 0.6) is 17.2 Å². The topological polar surface area (TPSA) is 87.2 Å². The van der Waals surface area contributed by atoms with Gasteiger partial charge in [0, 0.05) is 32.7 Å². The molecule has 3 aromatic carbocycles. The Morgan fingerprint density at radius 2 is 1.61 bits per heavy atom. The first kappa shape index (κ1) is 42.8. The maximum absolute atomic E-state index is 17.7. The van der Waals surface area contributed by atoms with Crippen molar-refractivity contribution in [2.45, 2.75) is 51.0 Å². The molecular weight excluding hydrogens is 810 g/mol. The Hall–Kier alpha value is -5.87. The zero-order valence-corrected chi connectivity index (χ0v) is 35.5. The summed E-state index contributed by atoms with van der Waals surface area (Å²) in [4.78, 5) is 16.9. The third-order valence-electron chi connectivity index (χ3n) is 11.9. The van der Waals surface area contributed by atoms with Crippen LogP contribution >= 0.6 is 0 Å². The molecule has 8 rings (SSSR count). The van der Waals surface area contributed by atoms with Crippen LogP contribution in [0.2, 0.25) is 0 Å². The van der Waals surface area contributed by atoms with Crippen molar-refractivity contribution >= 4 is 17.3 Å². The summed E-state index contributed by atoms with van der Waals surface area (Å²) in [6.07, 6.45) is -0.932. The highest BCUT2D eigenvalue weighted by Crippen LogP contribution is 2.49. The standard InChI is InChI=1S/C46H50F5N7O4/c1-28-21-45(16-7-17-58(45)22-28)26-61-35-25-56(19-18-55(3)4)44-37-42(52-27-53-44)39(47)36(40(48)43(37)62-35)41-38(46(49,50)51)29(2)20-34(54-41)57(23-30-8-12-32(59-5)13-9-30)24-31-10-14-33(60-6)15-11-31/h8-15,20,25,52H,1,7,16-19,21-24,26-27H2,2-6H3/t45-/m0/s1. The van der Waals surface area contributed by atoms with Gasteiger partial charge in [-0.25, -0.2) is 18.8 Å².